The predicted octanol–water partition coefficient (Wildman–Crippen LogP) is 5.42. The summed E-state index contributed by atoms with van der Waals surface area (Å²) >= 11 is 12.2. The van der Waals surface area contributed by atoms with Gasteiger partial charge in [0.15, 0.2) is 0 Å². The highest BCUT2D eigenvalue weighted by atomic mass is 35.5. The molecule has 0 fully saturated rings. The lowest BCUT2D eigenvalue weighted by Crippen LogP contribution is -2.28. The van der Waals surface area contributed by atoms with Gasteiger partial charge in [-0.3, -0.25) is 4.79 Å². The molecule has 0 unspecified atom stereocenters. The second-order valence-electron chi connectivity index (χ2n) is 7.14. The number of rotatable bonds is 7. The van der Waals surface area contributed by atoms with Crippen LogP contribution >= 0.6 is 23.2 Å². The van der Waals surface area contributed by atoms with E-state index in [1.54, 1.807) is 18.2 Å². The Balaban J connectivity index is 1.78. The van der Waals surface area contributed by atoms with Crippen molar-refractivity contribution in [1.82, 2.24) is 5.32 Å². The number of amides is 1. The van der Waals surface area contributed by atoms with Gasteiger partial charge in [-0.1, -0.05) is 68.2 Å². The monoisotopic (exact) mass is 393 g/mol. The summed E-state index contributed by atoms with van der Waals surface area (Å²) in [5, 5.41) is 4.05. The molecular formula is C21H25Cl2NO2. The van der Waals surface area contributed by atoms with Crippen LogP contribution in [0.2, 0.25) is 10.0 Å². The molecular weight excluding hydrogens is 369 g/mol. The maximum atomic E-state index is 12.0. The first-order valence-electron chi connectivity index (χ1n) is 8.71. The molecule has 1 N–H and O–H groups in total. The molecule has 0 spiro atoms. The van der Waals surface area contributed by atoms with Crippen LogP contribution in [0.5, 0.6) is 5.75 Å². The zero-order valence-electron chi connectivity index (χ0n) is 15.4. The summed E-state index contributed by atoms with van der Waals surface area (Å²) in [4.78, 5) is 12.0. The Kier molecular flexibility index (Phi) is 7.36. The summed E-state index contributed by atoms with van der Waals surface area (Å²) in [5.74, 6) is 0.811. The Hall–Kier alpha value is -1.71. The molecule has 2 aromatic carbocycles. The van der Waals surface area contributed by atoms with Crippen LogP contribution in [0, 0.1) is 0 Å². The van der Waals surface area contributed by atoms with Gasteiger partial charge in [0.2, 0.25) is 5.91 Å². The molecule has 0 saturated carbocycles. The maximum Gasteiger partial charge on any atom is 0.220 e. The summed E-state index contributed by atoms with van der Waals surface area (Å²) in [6.07, 6.45) is 0.847. The van der Waals surface area contributed by atoms with E-state index in [4.69, 9.17) is 27.9 Å². The first-order valence-corrected chi connectivity index (χ1v) is 9.46. The summed E-state index contributed by atoms with van der Waals surface area (Å²) in [5.41, 5.74) is 1.97. The number of hydrogen-bond donors (Lipinski definition) is 1. The molecule has 0 aromatic heterocycles. The second kappa shape index (κ2) is 9.29. The van der Waals surface area contributed by atoms with Gasteiger partial charge in [0.05, 0.1) is 6.54 Å². The van der Waals surface area contributed by atoms with Gasteiger partial charge in [0.1, 0.15) is 12.4 Å². The van der Waals surface area contributed by atoms with E-state index >= 15 is 0 Å². The van der Waals surface area contributed by atoms with E-state index in [0.717, 1.165) is 16.9 Å². The molecule has 0 aliphatic rings. The number of carbonyl (C=O) groups excluding carboxylic acids is 1. The van der Waals surface area contributed by atoms with Crippen LogP contribution in [0.3, 0.4) is 0 Å². The van der Waals surface area contributed by atoms with E-state index in [0.29, 0.717) is 36.0 Å². The van der Waals surface area contributed by atoms with Crippen LogP contribution in [0.15, 0.2) is 42.5 Å². The van der Waals surface area contributed by atoms with E-state index < -0.39 is 0 Å². The summed E-state index contributed by atoms with van der Waals surface area (Å²) < 4.78 is 5.86. The van der Waals surface area contributed by atoms with Crippen molar-refractivity contribution in [2.24, 2.45) is 0 Å². The Morgan fingerprint density at radius 2 is 1.69 bits per heavy atom. The molecule has 2 rings (SSSR count). The average Bonchev–Trinajstić information content (AvgIpc) is 2.58. The van der Waals surface area contributed by atoms with Crippen LogP contribution in [0.25, 0.3) is 0 Å². The van der Waals surface area contributed by atoms with Crippen LogP contribution < -0.4 is 10.1 Å². The minimum Gasteiger partial charge on any atom is -0.491 e. The molecule has 0 atom stereocenters. The van der Waals surface area contributed by atoms with Crippen LogP contribution in [0.1, 0.15) is 38.3 Å². The van der Waals surface area contributed by atoms with Gasteiger partial charge in [-0.15, -0.1) is 0 Å². The molecule has 3 nitrogen and oxygen atoms in total. The molecule has 0 aliphatic heterocycles. The molecule has 2 aromatic rings. The number of carbonyl (C=O) groups is 1. The van der Waals surface area contributed by atoms with Gasteiger partial charge in [-0.05, 0) is 41.2 Å². The van der Waals surface area contributed by atoms with Crippen molar-refractivity contribution in [3.05, 3.63) is 63.6 Å². The smallest absolute Gasteiger partial charge is 0.220 e. The number of ether oxygens (including phenoxy) is 1. The van der Waals surface area contributed by atoms with E-state index in [2.05, 4.69) is 32.2 Å². The van der Waals surface area contributed by atoms with Gasteiger partial charge in [-0.2, -0.15) is 0 Å². The summed E-state index contributed by atoms with van der Waals surface area (Å²) in [7, 11) is 0. The highest BCUT2D eigenvalue weighted by Crippen LogP contribution is 2.30. The minimum absolute atomic E-state index is 0.00800. The van der Waals surface area contributed by atoms with Crippen molar-refractivity contribution < 1.29 is 9.53 Å². The number of hydrogen-bond acceptors (Lipinski definition) is 2. The number of para-hydroxylation sites is 1. The first-order chi connectivity index (χ1) is 12.3. The fourth-order valence-electron chi connectivity index (χ4n) is 2.66. The summed E-state index contributed by atoms with van der Waals surface area (Å²) in [6, 6.07) is 13.3. The second-order valence-corrected chi connectivity index (χ2v) is 7.96. The highest BCUT2D eigenvalue weighted by Gasteiger charge is 2.18. The molecule has 26 heavy (non-hydrogen) atoms. The van der Waals surface area contributed by atoms with Crippen LogP contribution in [-0.2, 0) is 16.6 Å². The normalized spacial score (nSPS) is 11.3. The fourth-order valence-corrected chi connectivity index (χ4v) is 3.25. The molecule has 0 bridgehead atoms. The van der Waals surface area contributed by atoms with Gasteiger partial charge in [0, 0.05) is 16.5 Å². The van der Waals surface area contributed by atoms with E-state index in [9.17, 15) is 4.79 Å². The topological polar surface area (TPSA) is 38.3 Å². The average molecular weight is 394 g/mol. The van der Waals surface area contributed by atoms with Crippen LogP contribution in [0.4, 0.5) is 0 Å². The third kappa shape index (κ3) is 5.93. The third-order valence-corrected chi connectivity index (χ3v) is 4.75. The van der Waals surface area contributed by atoms with E-state index in [1.807, 2.05) is 18.2 Å². The molecule has 0 heterocycles. The highest BCUT2D eigenvalue weighted by molar-refractivity contribution is 6.36. The Bertz CT molecular complexity index is 734. The lowest BCUT2D eigenvalue weighted by atomic mass is 9.86. The molecule has 0 radical (unpaired) electrons. The third-order valence-electron chi connectivity index (χ3n) is 4.04. The number of nitrogens with one attached hydrogen (secondary N) is 1. The molecule has 1 amide bonds. The fraction of sp³-hybridized carbons (Fsp3) is 0.381. The lowest BCUT2D eigenvalue weighted by Gasteiger charge is -2.22. The lowest BCUT2D eigenvalue weighted by molar-refractivity contribution is -0.121. The molecule has 5 heteroatoms. The Labute approximate surface area is 165 Å². The zero-order chi connectivity index (χ0) is 19.2. The van der Waals surface area contributed by atoms with Crippen molar-refractivity contribution in [3.63, 3.8) is 0 Å². The molecule has 0 saturated heterocycles. The summed E-state index contributed by atoms with van der Waals surface area (Å²) in [6.45, 7) is 7.32. The quantitative estimate of drug-likeness (QED) is 0.637. The van der Waals surface area contributed by atoms with E-state index in [1.165, 1.54) is 0 Å². The van der Waals surface area contributed by atoms with Gasteiger partial charge in [-0.25, -0.2) is 0 Å². The van der Waals surface area contributed by atoms with E-state index in [-0.39, 0.29) is 11.3 Å². The predicted molar refractivity (Wildman–Crippen MR) is 108 cm³/mol. The maximum absolute atomic E-state index is 12.0. The van der Waals surface area contributed by atoms with Crippen molar-refractivity contribution >= 4 is 29.1 Å². The molecule has 0 aliphatic carbocycles. The van der Waals surface area contributed by atoms with Crippen molar-refractivity contribution in [3.8, 4) is 5.75 Å². The SMILES string of the molecule is CC(C)(C)c1ccccc1OCCNC(=O)CCc1c(Cl)cccc1Cl. The van der Waals surface area contributed by atoms with Crippen LogP contribution in [-0.4, -0.2) is 19.1 Å². The van der Waals surface area contributed by atoms with Gasteiger partial charge < -0.3 is 10.1 Å². The van der Waals surface area contributed by atoms with Gasteiger partial charge in [0.25, 0.3) is 0 Å². The Morgan fingerprint density at radius 3 is 2.35 bits per heavy atom. The van der Waals surface area contributed by atoms with Crippen molar-refractivity contribution in [1.29, 1.82) is 0 Å². The minimum atomic E-state index is -0.0475. The van der Waals surface area contributed by atoms with Crippen molar-refractivity contribution in [2.45, 2.75) is 39.0 Å². The Morgan fingerprint density at radius 1 is 1.04 bits per heavy atom. The molecule has 140 valence electrons. The van der Waals surface area contributed by atoms with Gasteiger partial charge >= 0.3 is 0 Å². The number of halogens is 2. The zero-order valence-corrected chi connectivity index (χ0v) is 17.0. The standard InChI is InChI=1S/C21H25Cl2NO2/c1-21(2,3)16-7-4-5-10-19(16)26-14-13-24-20(25)12-11-15-17(22)8-6-9-18(15)23/h4-10H,11-14H2,1-3H3,(H,24,25). The number of benzene rings is 2. The van der Waals surface area contributed by atoms with Crippen molar-refractivity contribution in [2.75, 3.05) is 13.2 Å². The first kappa shape index (κ1) is 20.6. The largest absolute Gasteiger partial charge is 0.491 e.